The summed E-state index contributed by atoms with van der Waals surface area (Å²) in [6.45, 7) is 0. The van der Waals surface area contributed by atoms with Gasteiger partial charge in [0.1, 0.15) is 0 Å². The van der Waals surface area contributed by atoms with Crippen LogP contribution in [0.4, 0.5) is 0 Å². The average molecular weight is 361 g/mol. The molecule has 1 nitrogen and oxygen atoms in total. The fourth-order valence-electron chi connectivity index (χ4n) is 3.03. The number of benzene rings is 4. The molecule has 0 aliphatic heterocycles. The van der Waals surface area contributed by atoms with Gasteiger partial charge in [-0.15, -0.1) is 0 Å². The summed E-state index contributed by atoms with van der Waals surface area (Å²) in [6.07, 6.45) is 0. The first-order valence-corrected chi connectivity index (χ1v) is 10.7. The monoisotopic (exact) mass is 361 g/mol. The van der Waals surface area contributed by atoms with Crippen molar-refractivity contribution >= 4 is 27.4 Å². The van der Waals surface area contributed by atoms with Gasteiger partial charge in [-0.25, -0.2) is 0 Å². The maximum atomic E-state index is 8.29. The first-order valence-electron chi connectivity index (χ1n) is 8.98. The molecule has 0 heterocycles. The van der Waals surface area contributed by atoms with Gasteiger partial charge in [-0.2, -0.15) is 5.26 Å². The Kier molecular flexibility index (Phi) is 7.02. The molecule has 0 bridgehead atoms. The molecule has 0 aromatic heterocycles. The minimum absolute atomic E-state index is 0.715. The Morgan fingerprint density at radius 2 is 0.741 bits per heavy atom. The molecule has 4 aromatic rings. The summed E-state index contributed by atoms with van der Waals surface area (Å²) >= 11 is -1.31. The van der Waals surface area contributed by atoms with E-state index in [2.05, 4.69) is 91.0 Å². The van der Waals surface area contributed by atoms with Crippen molar-refractivity contribution in [3.8, 4) is 6.07 Å². The highest BCUT2D eigenvalue weighted by Gasteiger charge is 2.23. The summed E-state index contributed by atoms with van der Waals surface area (Å²) in [5, 5.41) is 8.29. The second-order valence-corrected chi connectivity index (χ2v) is 9.01. The third kappa shape index (κ3) is 5.44. The third-order valence-corrected chi connectivity index (χ3v) is 7.46. The standard InChI is InChI=1S/C7H5N.3C6H5.Al/c8-6-7-4-2-1-3-5-7;3*1-2-4-6-5-3-1;/h1-5H;3*1-5H;. The molecule has 0 N–H and O–H groups in total. The average Bonchev–Trinajstić information content (AvgIpc) is 2.77. The van der Waals surface area contributed by atoms with E-state index in [9.17, 15) is 0 Å². The van der Waals surface area contributed by atoms with Gasteiger partial charge >= 0.3 is 14.1 Å². The van der Waals surface area contributed by atoms with E-state index in [1.807, 2.05) is 24.3 Å². The second kappa shape index (κ2) is 10.1. The van der Waals surface area contributed by atoms with E-state index < -0.39 is 14.1 Å². The van der Waals surface area contributed by atoms with Crippen LogP contribution in [0.2, 0.25) is 0 Å². The van der Waals surface area contributed by atoms with Crippen LogP contribution in [-0.4, -0.2) is 14.1 Å². The zero-order valence-corrected chi connectivity index (χ0v) is 16.2. The third-order valence-electron chi connectivity index (χ3n) is 4.30. The summed E-state index contributed by atoms with van der Waals surface area (Å²) in [6, 6.07) is 43.8. The first kappa shape index (κ1) is 18.7. The van der Waals surface area contributed by atoms with Gasteiger partial charge in [0.2, 0.25) is 0 Å². The van der Waals surface area contributed by atoms with Gasteiger partial charge in [0, 0.05) is 0 Å². The van der Waals surface area contributed by atoms with Gasteiger partial charge in [-0.1, -0.05) is 122 Å². The molecule has 27 heavy (non-hydrogen) atoms. The van der Waals surface area contributed by atoms with Crippen LogP contribution in [0.25, 0.3) is 0 Å². The zero-order valence-electron chi connectivity index (χ0n) is 15.1. The van der Waals surface area contributed by atoms with Crippen LogP contribution in [0.3, 0.4) is 0 Å². The smallest absolute Gasteiger partial charge is 0.192 e. The molecule has 0 atom stereocenters. The van der Waals surface area contributed by atoms with Crippen molar-refractivity contribution in [3.63, 3.8) is 0 Å². The predicted molar refractivity (Wildman–Crippen MR) is 115 cm³/mol. The Morgan fingerprint density at radius 3 is 1.00 bits per heavy atom. The van der Waals surface area contributed by atoms with Crippen LogP contribution in [0.5, 0.6) is 0 Å². The van der Waals surface area contributed by atoms with Crippen LogP contribution in [-0.2, 0) is 0 Å². The van der Waals surface area contributed by atoms with E-state index in [0.717, 1.165) is 0 Å². The minimum Gasteiger partial charge on any atom is -0.192 e. The van der Waals surface area contributed by atoms with Gasteiger partial charge in [0.15, 0.2) is 0 Å². The van der Waals surface area contributed by atoms with Crippen molar-refractivity contribution in [1.29, 1.82) is 5.26 Å². The molecule has 0 aliphatic rings. The lowest BCUT2D eigenvalue weighted by Crippen LogP contribution is -2.51. The highest BCUT2D eigenvalue weighted by molar-refractivity contribution is 6.95. The van der Waals surface area contributed by atoms with Crippen molar-refractivity contribution < 1.29 is 0 Å². The van der Waals surface area contributed by atoms with Crippen LogP contribution >= 0.6 is 0 Å². The molecule has 0 aliphatic carbocycles. The van der Waals surface area contributed by atoms with E-state index in [4.69, 9.17) is 5.26 Å². The Bertz CT molecular complexity index is 868. The molecule has 0 fully saturated rings. The van der Waals surface area contributed by atoms with Crippen molar-refractivity contribution in [2.45, 2.75) is 0 Å². The quantitative estimate of drug-likeness (QED) is 0.510. The van der Waals surface area contributed by atoms with E-state index in [1.165, 1.54) is 13.3 Å². The van der Waals surface area contributed by atoms with Gasteiger partial charge in [-0.05, 0) is 12.1 Å². The second-order valence-electron chi connectivity index (χ2n) is 6.14. The van der Waals surface area contributed by atoms with E-state index in [1.54, 1.807) is 12.1 Å². The lowest BCUT2D eigenvalue weighted by Gasteiger charge is -2.13. The van der Waals surface area contributed by atoms with Crippen LogP contribution in [0, 0.1) is 11.3 Å². The number of rotatable bonds is 3. The van der Waals surface area contributed by atoms with Gasteiger partial charge in [0.05, 0.1) is 11.6 Å². The molecule has 0 saturated heterocycles. The maximum Gasteiger partial charge on any atom is 0.383 e. The van der Waals surface area contributed by atoms with Crippen LogP contribution < -0.4 is 13.3 Å². The summed E-state index contributed by atoms with van der Waals surface area (Å²) in [5.41, 5.74) is 0.715. The van der Waals surface area contributed by atoms with Crippen LogP contribution in [0.1, 0.15) is 5.56 Å². The van der Waals surface area contributed by atoms with Gasteiger partial charge in [0.25, 0.3) is 0 Å². The van der Waals surface area contributed by atoms with Crippen LogP contribution in [0.15, 0.2) is 121 Å². The first-order chi connectivity index (χ1) is 13.4. The predicted octanol–water partition coefficient (Wildman–Crippen LogP) is 3.76. The van der Waals surface area contributed by atoms with E-state index in [-0.39, 0.29) is 0 Å². The molecule has 2 heteroatoms. The Balaban J connectivity index is 0.000000221. The number of hydrogen-bond donors (Lipinski definition) is 0. The topological polar surface area (TPSA) is 23.8 Å². The summed E-state index contributed by atoms with van der Waals surface area (Å²) in [7, 11) is 0. The van der Waals surface area contributed by atoms with Gasteiger partial charge < -0.3 is 0 Å². The maximum absolute atomic E-state index is 8.29. The number of hydrogen-bond acceptors (Lipinski definition) is 1. The van der Waals surface area contributed by atoms with Crippen molar-refractivity contribution in [1.82, 2.24) is 0 Å². The van der Waals surface area contributed by atoms with E-state index in [0.29, 0.717) is 5.56 Å². The molecular weight excluding hydrogens is 341 g/mol. The van der Waals surface area contributed by atoms with Crippen molar-refractivity contribution in [2.24, 2.45) is 0 Å². The fourth-order valence-corrected chi connectivity index (χ4v) is 6.00. The summed E-state index contributed by atoms with van der Waals surface area (Å²) in [5.74, 6) is 0. The fraction of sp³-hybridized carbons (Fsp3) is 0. The normalized spacial score (nSPS) is 9.44. The van der Waals surface area contributed by atoms with E-state index >= 15 is 0 Å². The Morgan fingerprint density at radius 1 is 0.444 bits per heavy atom. The summed E-state index contributed by atoms with van der Waals surface area (Å²) < 4.78 is 4.42. The summed E-state index contributed by atoms with van der Waals surface area (Å²) in [4.78, 5) is 0. The highest BCUT2D eigenvalue weighted by Crippen LogP contribution is 1.95. The molecule has 0 spiro atoms. The molecule has 0 radical (unpaired) electrons. The largest absolute Gasteiger partial charge is 0.383 e. The lowest BCUT2D eigenvalue weighted by atomic mass is 10.2. The zero-order chi connectivity index (χ0) is 18.7. The number of nitriles is 1. The molecule has 0 amide bonds. The highest BCUT2D eigenvalue weighted by atomic mass is 27.2. The minimum atomic E-state index is -1.31. The Hall–Kier alpha value is -3.10. The lowest BCUT2D eigenvalue weighted by molar-refractivity contribution is 1.49. The van der Waals surface area contributed by atoms with Crippen molar-refractivity contribution in [3.05, 3.63) is 127 Å². The molecule has 4 rings (SSSR count). The molecule has 0 unspecified atom stereocenters. The molecular formula is C25H20AlN. The molecule has 128 valence electrons. The van der Waals surface area contributed by atoms with Crippen molar-refractivity contribution in [2.75, 3.05) is 0 Å². The van der Waals surface area contributed by atoms with Gasteiger partial charge in [-0.3, -0.25) is 0 Å². The SMILES string of the molecule is N#Cc1ccccc1.c1cc[c]([Al]([c]2ccccc2)[c]2ccccc2)cc1. The molecule has 0 saturated carbocycles. The Labute approximate surface area is 165 Å². The number of nitrogens with zero attached hydrogens (tertiary/aromatic N) is 1. The molecule has 4 aromatic carbocycles.